The maximum absolute atomic E-state index is 11.7. The molecule has 0 radical (unpaired) electrons. The van der Waals surface area contributed by atoms with Gasteiger partial charge in [-0.1, -0.05) is 6.92 Å². The molecule has 0 saturated carbocycles. The summed E-state index contributed by atoms with van der Waals surface area (Å²) >= 11 is 0. The van der Waals surface area contributed by atoms with E-state index in [1.165, 1.54) is 12.3 Å². The van der Waals surface area contributed by atoms with E-state index in [2.05, 4.69) is 4.98 Å². The Morgan fingerprint density at radius 3 is 2.86 bits per heavy atom. The molecule has 0 aliphatic heterocycles. The van der Waals surface area contributed by atoms with Crippen molar-refractivity contribution in [2.45, 2.75) is 13.3 Å². The number of amides is 1. The number of rotatable bonds is 3. The first kappa shape index (κ1) is 10.5. The molecule has 14 heavy (non-hydrogen) atoms. The predicted molar refractivity (Wildman–Crippen MR) is 54.3 cm³/mol. The zero-order valence-corrected chi connectivity index (χ0v) is 8.41. The summed E-state index contributed by atoms with van der Waals surface area (Å²) in [4.78, 5) is 26.7. The van der Waals surface area contributed by atoms with Gasteiger partial charge in [-0.05, 0) is 12.5 Å². The molecule has 0 saturated heterocycles. The molecule has 0 aliphatic rings. The van der Waals surface area contributed by atoms with E-state index in [0.29, 0.717) is 12.1 Å². The smallest absolute Gasteiger partial charge is 0.253 e. The van der Waals surface area contributed by atoms with Gasteiger partial charge in [0.15, 0.2) is 0 Å². The van der Waals surface area contributed by atoms with Gasteiger partial charge >= 0.3 is 0 Å². The normalized spacial score (nSPS) is 9.86. The topological polar surface area (TPSA) is 53.2 Å². The Bertz CT molecular complexity index is 370. The number of pyridine rings is 1. The van der Waals surface area contributed by atoms with Crippen molar-refractivity contribution in [1.82, 2.24) is 9.88 Å². The lowest BCUT2D eigenvalue weighted by atomic mass is 10.2. The maximum atomic E-state index is 11.7. The standard InChI is InChI=1S/C10H14N2O2/c1-3-6-12(2)10(14)8-4-5-11-9(13)7-8/h4-5,7H,3,6H2,1-2H3,(H,11,13). The van der Waals surface area contributed by atoms with Crippen LogP contribution in [-0.4, -0.2) is 29.4 Å². The summed E-state index contributed by atoms with van der Waals surface area (Å²) in [6, 6.07) is 2.92. The fourth-order valence-electron chi connectivity index (χ4n) is 1.23. The third-order valence-corrected chi connectivity index (χ3v) is 1.93. The molecule has 0 spiro atoms. The summed E-state index contributed by atoms with van der Waals surface area (Å²) in [5.74, 6) is -0.113. The van der Waals surface area contributed by atoms with Crippen LogP contribution in [0, 0.1) is 0 Å². The van der Waals surface area contributed by atoms with Gasteiger partial charge in [-0.2, -0.15) is 0 Å². The van der Waals surface area contributed by atoms with E-state index < -0.39 is 0 Å². The van der Waals surface area contributed by atoms with Gasteiger partial charge in [0.25, 0.3) is 5.91 Å². The molecular formula is C10H14N2O2. The molecule has 1 aromatic rings. The molecule has 1 aromatic heterocycles. The molecule has 76 valence electrons. The second-order valence-electron chi connectivity index (χ2n) is 3.17. The summed E-state index contributed by atoms with van der Waals surface area (Å²) in [5.41, 5.74) is 0.186. The molecule has 0 aliphatic carbocycles. The monoisotopic (exact) mass is 194 g/mol. The van der Waals surface area contributed by atoms with Crippen molar-refractivity contribution in [2.75, 3.05) is 13.6 Å². The maximum Gasteiger partial charge on any atom is 0.253 e. The van der Waals surface area contributed by atoms with Gasteiger partial charge < -0.3 is 9.88 Å². The molecule has 0 bridgehead atoms. The lowest BCUT2D eigenvalue weighted by molar-refractivity contribution is 0.0795. The highest BCUT2D eigenvalue weighted by Crippen LogP contribution is 1.99. The van der Waals surface area contributed by atoms with E-state index in [9.17, 15) is 9.59 Å². The average molecular weight is 194 g/mol. The van der Waals surface area contributed by atoms with E-state index >= 15 is 0 Å². The van der Waals surface area contributed by atoms with Crippen LogP contribution >= 0.6 is 0 Å². The third-order valence-electron chi connectivity index (χ3n) is 1.93. The summed E-state index contributed by atoms with van der Waals surface area (Å²) in [5, 5.41) is 0. The Morgan fingerprint density at radius 2 is 2.29 bits per heavy atom. The van der Waals surface area contributed by atoms with Gasteiger partial charge in [0.05, 0.1) is 0 Å². The van der Waals surface area contributed by atoms with Crippen molar-refractivity contribution >= 4 is 5.91 Å². The van der Waals surface area contributed by atoms with Crippen LogP contribution < -0.4 is 5.56 Å². The molecular weight excluding hydrogens is 180 g/mol. The first-order valence-corrected chi connectivity index (χ1v) is 4.59. The Kier molecular flexibility index (Phi) is 3.45. The molecule has 0 unspecified atom stereocenters. The number of H-pyrrole nitrogens is 1. The van der Waals surface area contributed by atoms with Crippen LogP contribution in [0.25, 0.3) is 0 Å². The number of hydrogen-bond donors (Lipinski definition) is 1. The van der Waals surface area contributed by atoms with Crippen LogP contribution in [0.2, 0.25) is 0 Å². The molecule has 1 N–H and O–H groups in total. The Hall–Kier alpha value is -1.58. The number of aromatic nitrogens is 1. The van der Waals surface area contributed by atoms with Crippen molar-refractivity contribution < 1.29 is 4.79 Å². The summed E-state index contributed by atoms with van der Waals surface area (Å²) in [6.07, 6.45) is 2.39. The van der Waals surface area contributed by atoms with E-state index in [1.54, 1.807) is 18.0 Å². The summed E-state index contributed by atoms with van der Waals surface area (Å²) in [6.45, 7) is 2.70. The summed E-state index contributed by atoms with van der Waals surface area (Å²) < 4.78 is 0. The molecule has 1 amide bonds. The van der Waals surface area contributed by atoms with Crippen LogP contribution in [0.15, 0.2) is 23.1 Å². The van der Waals surface area contributed by atoms with Gasteiger partial charge in [-0.15, -0.1) is 0 Å². The minimum atomic E-state index is -0.249. The van der Waals surface area contributed by atoms with Crippen molar-refractivity contribution in [3.8, 4) is 0 Å². The fourth-order valence-corrected chi connectivity index (χ4v) is 1.23. The number of carbonyl (C=O) groups is 1. The van der Waals surface area contributed by atoms with Gasteiger partial charge in [0, 0.05) is 31.4 Å². The van der Waals surface area contributed by atoms with Crippen molar-refractivity contribution in [1.29, 1.82) is 0 Å². The average Bonchev–Trinajstić information content (AvgIpc) is 2.17. The van der Waals surface area contributed by atoms with Gasteiger partial charge in [-0.25, -0.2) is 0 Å². The number of nitrogens with one attached hydrogen (secondary N) is 1. The quantitative estimate of drug-likeness (QED) is 0.775. The van der Waals surface area contributed by atoms with Crippen LogP contribution in [0.1, 0.15) is 23.7 Å². The summed E-state index contributed by atoms with van der Waals surface area (Å²) in [7, 11) is 1.73. The fraction of sp³-hybridized carbons (Fsp3) is 0.400. The SMILES string of the molecule is CCCN(C)C(=O)c1cc[nH]c(=O)c1. The molecule has 0 atom stereocenters. The van der Waals surface area contributed by atoms with Crippen LogP contribution in [0.5, 0.6) is 0 Å². The lowest BCUT2D eigenvalue weighted by Gasteiger charge is -2.15. The number of hydrogen-bond acceptors (Lipinski definition) is 2. The molecule has 1 heterocycles. The molecule has 4 nitrogen and oxygen atoms in total. The van der Waals surface area contributed by atoms with Crippen molar-refractivity contribution in [2.24, 2.45) is 0 Å². The largest absolute Gasteiger partial charge is 0.342 e. The van der Waals surface area contributed by atoms with Crippen molar-refractivity contribution in [3.63, 3.8) is 0 Å². The van der Waals surface area contributed by atoms with Gasteiger partial charge in [0.1, 0.15) is 0 Å². The number of aromatic amines is 1. The highest BCUT2D eigenvalue weighted by atomic mass is 16.2. The third kappa shape index (κ3) is 2.45. The molecule has 0 fully saturated rings. The second kappa shape index (κ2) is 4.60. The minimum Gasteiger partial charge on any atom is -0.342 e. The van der Waals surface area contributed by atoms with E-state index in [1.807, 2.05) is 6.92 Å². The van der Waals surface area contributed by atoms with Gasteiger partial charge in [-0.3, -0.25) is 9.59 Å². The predicted octanol–water partition coefficient (Wildman–Crippen LogP) is 0.857. The highest BCUT2D eigenvalue weighted by molar-refractivity contribution is 5.93. The second-order valence-corrected chi connectivity index (χ2v) is 3.17. The number of nitrogens with zero attached hydrogens (tertiary/aromatic N) is 1. The highest BCUT2D eigenvalue weighted by Gasteiger charge is 2.10. The Labute approximate surface area is 82.6 Å². The van der Waals surface area contributed by atoms with E-state index in [0.717, 1.165) is 6.42 Å². The number of carbonyl (C=O) groups excluding carboxylic acids is 1. The van der Waals surface area contributed by atoms with Crippen LogP contribution in [0.3, 0.4) is 0 Å². The van der Waals surface area contributed by atoms with Gasteiger partial charge in [0.2, 0.25) is 5.56 Å². The molecule has 0 aromatic carbocycles. The van der Waals surface area contributed by atoms with Crippen molar-refractivity contribution in [3.05, 3.63) is 34.2 Å². The Balaban J connectivity index is 2.84. The first-order chi connectivity index (χ1) is 6.65. The molecule has 4 heteroatoms. The van der Waals surface area contributed by atoms with E-state index in [-0.39, 0.29) is 11.5 Å². The molecule has 1 rings (SSSR count). The minimum absolute atomic E-state index is 0.113. The van der Waals surface area contributed by atoms with Crippen LogP contribution in [-0.2, 0) is 0 Å². The first-order valence-electron chi connectivity index (χ1n) is 4.59. The lowest BCUT2D eigenvalue weighted by Crippen LogP contribution is -2.28. The Morgan fingerprint density at radius 1 is 1.57 bits per heavy atom. The van der Waals surface area contributed by atoms with E-state index in [4.69, 9.17) is 0 Å². The zero-order valence-electron chi connectivity index (χ0n) is 8.41. The van der Waals surface area contributed by atoms with Crippen LogP contribution in [0.4, 0.5) is 0 Å². The zero-order chi connectivity index (χ0) is 10.6.